The summed E-state index contributed by atoms with van der Waals surface area (Å²) in [5, 5.41) is 2.85. The van der Waals surface area contributed by atoms with Crippen molar-refractivity contribution >= 4 is 17.3 Å². The highest BCUT2D eigenvalue weighted by molar-refractivity contribution is 6.02. The van der Waals surface area contributed by atoms with Crippen molar-refractivity contribution < 1.29 is 9.53 Å². The second kappa shape index (κ2) is 9.04. The molecule has 0 aliphatic rings. The predicted octanol–water partition coefficient (Wildman–Crippen LogP) is 4.76. The maximum absolute atomic E-state index is 12.5. The summed E-state index contributed by atoms with van der Waals surface area (Å²) in [5.41, 5.74) is 3.30. The summed E-state index contributed by atoms with van der Waals surface area (Å²) in [6, 6.07) is 21.5. The molecule has 1 amide bonds. The molecule has 1 N–H and O–H groups in total. The highest BCUT2D eigenvalue weighted by atomic mass is 16.5. The van der Waals surface area contributed by atoms with Crippen molar-refractivity contribution in [1.82, 2.24) is 4.98 Å². The second-order valence-corrected chi connectivity index (χ2v) is 6.79. The fraction of sp³-hybridized carbons (Fsp3) is 0.217. The van der Waals surface area contributed by atoms with Crippen molar-refractivity contribution in [2.24, 2.45) is 0 Å². The molecule has 0 unspecified atom stereocenters. The van der Waals surface area contributed by atoms with Crippen LogP contribution in [-0.4, -0.2) is 24.0 Å². The largest absolute Gasteiger partial charge is 0.497 e. The Labute approximate surface area is 166 Å². The summed E-state index contributed by atoms with van der Waals surface area (Å²) in [6.07, 6.45) is 1.76. The summed E-state index contributed by atoms with van der Waals surface area (Å²) in [5.74, 6) is 0.503. The number of hydrogen-bond acceptors (Lipinski definition) is 4. The Morgan fingerprint density at radius 3 is 2.32 bits per heavy atom. The van der Waals surface area contributed by atoms with Crippen LogP contribution in [0, 0.1) is 0 Å². The molecule has 1 aromatic heterocycles. The van der Waals surface area contributed by atoms with E-state index in [0.29, 0.717) is 17.4 Å². The second-order valence-electron chi connectivity index (χ2n) is 6.79. The highest BCUT2D eigenvalue weighted by Gasteiger charge is 2.14. The lowest BCUT2D eigenvalue weighted by Gasteiger charge is -2.29. The SMILES string of the molecule is COc1ccc(NC(=O)c2ccc(N(Cc3ccccc3)C(C)C)cn2)cc1. The van der Waals surface area contributed by atoms with Crippen molar-refractivity contribution in [2.75, 3.05) is 17.3 Å². The van der Waals surface area contributed by atoms with E-state index in [-0.39, 0.29) is 5.91 Å². The average Bonchev–Trinajstić information content (AvgIpc) is 2.73. The van der Waals surface area contributed by atoms with Gasteiger partial charge in [0.15, 0.2) is 0 Å². The molecule has 5 heteroatoms. The zero-order valence-electron chi connectivity index (χ0n) is 16.4. The monoisotopic (exact) mass is 375 g/mol. The van der Waals surface area contributed by atoms with E-state index in [2.05, 4.69) is 41.2 Å². The zero-order valence-corrected chi connectivity index (χ0v) is 16.4. The number of anilines is 2. The van der Waals surface area contributed by atoms with E-state index in [9.17, 15) is 4.79 Å². The fourth-order valence-electron chi connectivity index (χ4n) is 2.91. The summed E-state index contributed by atoms with van der Waals surface area (Å²) in [4.78, 5) is 19.1. The molecule has 3 aromatic rings. The summed E-state index contributed by atoms with van der Waals surface area (Å²) >= 11 is 0. The van der Waals surface area contributed by atoms with Crippen LogP contribution in [0.3, 0.4) is 0 Å². The normalized spacial score (nSPS) is 10.6. The molecule has 0 aliphatic carbocycles. The maximum atomic E-state index is 12.5. The van der Waals surface area contributed by atoms with E-state index in [1.54, 1.807) is 43.6 Å². The van der Waals surface area contributed by atoms with Gasteiger partial charge in [0.1, 0.15) is 11.4 Å². The molecule has 5 nitrogen and oxygen atoms in total. The Bertz CT molecular complexity index is 891. The first kappa shape index (κ1) is 19.4. The molecule has 0 aliphatic heterocycles. The summed E-state index contributed by atoms with van der Waals surface area (Å²) in [7, 11) is 1.61. The van der Waals surface area contributed by atoms with Crippen LogP contribution in [0.2, 0.25) is 0 Å². The van der Waals surface area contributed by atoms with Gasteiger partial charge in [-0.3, -0.25) is 4.79 Å². The van der Waals surface area contributed by atoms with Gasteiger partial charge in [-0.05, 0) is 55.8 Å². The number of benzene rings is 2. The lowest BCUT2D eigenvalue weighted by atomic mass is 10.1. The van der Waals surface area contributed by atoms with Gasteiger partial charge in [-0.2, -0.15) is 0 Å². The number of rotatable bonds is 7. The molecule has 1 heterocycles. The van der Waals surface area contributed by atoms with Gasteiger partial charge in [-0.25, -0.2) is 4.98 Å². The van der Waals surface area contributed by atoms with Crippen LogP contribution >= 0.6 is 0 Å². The van der Waals surface area contributed by atoms with E-state index >= 15 is 0 Å². The number of methoxy groups -OCH3 is 1. The highest BCUT2D eigenvalue weighted by Crippen LogP contribution is 2.20. The average molecular weight is 375 g/mol. The third-order valence-corrected chi connectivity index (χ3v) is 4.48. The molecule has 0 spiro atoms. The van der Waals surface area contributed by atoms with Crippen molar-refractivity contribution in [2.45, 2.75) is 26.4 Å². The minimum atomic E-state index is -0.240. The van der Waals surface area contributed by atoms with Crippen LogP contribution in [0.4, 0.5) is 11.4 Å². The van der Waals surface area contributed by atoms with Crippen LogP contribution in [0.25, 0.3) is 0 Å². The lowest BCUT2D eigenvalue weighted by Crippen LogP contribution is -2.30. The first-order valence-electron chi connectivity index (χ1n) is 9.29. The smallest absolute Gasteiger partial charge is 0.274 e. The number of nitrogens with zero attached hydrogens (tertiary/aromatic N) is 2. The van der Waals surface area contributed by atoms with Gasteiger partial charge in [0, 0.05) is 18.3 Å². The van der Waals surface area contributed by atoms with E-state index in [4.69, 9.17) is 4.74 Å². The van der Waals surface area contributed by atoms with Crippen LogP contribution in [-0.2, 0) is 6.54 Å². The van der Waals surface area contributed by atoms with E-state index in [1.807, 2.05) is 24.3 Å². The number of ether oxygens (including phenoxy) is 1. The Kier molecular flexibility index (Phi) is 6.27. The number of pyridine rings is 1. The molecule has 0 saturated heterocycles. The Hall–Kier alpha value is -3.34. The number of carbonyl (C=O) groups excluding carboxylic acids is 1. The van der Waals surface area contributed by atoms with Crippen molar-refractivity contribution in [3.63, 3.8) is 0 Å². The Morgan fingerprint density at radius 2 is 1.75 bits per heavy atom. The predicted molar refractivity (Wildman–Crippen MR) is 113 cm³/mol. The zero-order chi connectivity index (χ0) is 19.9. The van der Waals surface area contributed by atoms with Crippen LogP contribution in [0.1, 0.15) is 29.9 Å². The lowest BCUT2D eigenvalue weighted by molar-refractivity contribution is 0.102. The first-order chi connectivity index (χ1) is 13.6. The molecular formula is C23H25N3O2. The number of amides is 1. The Balaban J connectivity index is 1.70. The maximum Gasteiger partial charge on any atom is 0.274 e. The van der Waals surface area contributed by atoms with Crippen LogP contribution in [0.15, 0.2) is 72.9 Å². The Morgan fingerprint density at radius 1 is 1.04 bits per heavy atom. The van der Waals surface area contributed by atoms with Gasteiger partial charge in [-0.1, -0.05) is 30.3 Å². The number of aromatic nitrogens is 1. The van der Waals surface area contributed by atoms with Gasteiger partial charge in [0.25, 0.3) is 5.91 Å². The minimum absolute atomic E-state index is 0.240. The summed E-state index contributed by atoms with van der Waals surface area (Å²) in [6.45, 7) is 5.08. The minimum Gasteiger partial charge on any atom is -0.497 e. The molecular weight excluding hydrogens is 350 g/mol. The molecule has 0 bridgehead atoms. The van der Waals surface area contributed by atoms with Gasteiger partial charge < -0.3 is 15.0 Å². The van der Waals surface area contributed by atoms with E-state index in [0.717, 1.165) is 18.0 Å². The standard InChI is InChI=1S/C23H25N3O2/c1-17(2)26(16-18-7-5-4-6-8-18)20-11-14-22(24-15-20)23(27)25-19-9-12-21(28-3)13-10-19/h4-15,17H,16H2,1-3H3,(H,25,27). The first-order valence-corrected chi connectivity index (χ1v) is 9.29. The molecule has 144 valence electrons. The molecule has 0 saturated carbocycles. The van der Waals surface area contributed by atoms with Crippen molar-refractivity contribution in [3.05, 3.63) is 84.2 Å². The van der Waals surface area contributed by atoms with Crippen molar-refractivity contribution in [3.8, 4) is 5.75 Å². The molecule has 0 radical (unpaired) electrons. The molecule has 3 rings (SSSR count). The van der Waals surface area contributed by atoms with Crippen LogP contribution in [0.5, 0.6) is 5.75 Å². The van der Waals surface area contributed by atoms with Gasteiger partial charge in [0.2, 0.25) is 0 Å². The van der Waals surface area contributed by atoms with Gasteiger partial charge in [-0.15, -0.1) is 0 Å². The molecule has 2 aromatic carbocycles. The molecule has 0 atom stereocenters. The van der Waals surface area contributed by atoms with Gasteiger partial charge in [0.05, 0.1) is 19.0 Å². The number of nitrogens with one attached hydrogen (secondary N) is 1. The topological polar surface area (TPSA) is 54.5 Å². The summed E-state index contributed by atoms with van der Waals surface area (Å²) < 4.78 is 5.13. The van der Waals surface area contributed by atoms with Crippen molar-refractivity contribution in [1.29, 1.82) is 0 Å². The van der Waals surface area contributed by atoms with E-state index in [1.165, 1.54) is 5.56 Å². The fourth-order valence-corrected chi connectivity index (χ4v) is 2.91. The van der Waals surface area contributed by atoms with Crippen LogP contribution < -0.4 is 15.0 Å². The quantitative estimate of drug-likeness (QED) is 0.647. The third-order valence-electron chi connectivity index (χ3n) is 4.48. The van der Waals surface area contributed by atoms with Gasteiger partial charge >= 0.3 is 0 Å². The molecule has 28 heavy (non-hydrogen) atoms. The third kappa shape index (κ3) is 4.88. The number of hydrogen-bond donors (Lipinski definition) is 1. The number of carbonyl (C=O) groups is 1. The van der Waals surface area contributed by atoms with E-state index < -0.39 is 0 Å². The molecule has 0 fully saturated rings.